The van der Waals surface area contributed by atoms with E-state index in [9.17, 15) is 9.59 Å². The van der Waals surface area contributed by atoms with E-state index in [0.29, 0.717) is 48.4 Å². The first-order valence-electron chi connectivity index (χ1n) is 11.8. The van der Waals surface area contributed by atoms with Gasteiger partial charge in [0.2, 0.25) is 11.8 Å². The molecular weight excluding hydrogens is 474 g/mol. The highest BCUT2D eigenvalue weighted by Gasteiger charge is 2.42. The van der Waals surface area contributed by atoms with Crippen LogP contribution < -0.4 is 4.74 Å². The molecule has 0 radical (unpaired) electrons. The highest BCUT2D eigenvalue weighted by Crippen LogP contribution is 2.28. The lowest BCUT2D eigenvalue weighted by atomic mass is 9.96. The number of rotatable bonds is 7. The molecule has 0 spiro atoms. The number of halogens is 1. The molecule has 35 heavy (non-hydrogen) atoms. The normalized spacial score (nSPS) is 21.3. The molecule has 190 valence electrons. The lowest BCUT2D eigenvalue weighted by Crippen LogP contribution is -2.59. The summed E-state index contributed by atoms with van der Waals surface area (Å²) in [4.78, 5) is 32.2. The summed E-state index contributed by atoms with van der Waals surface area (Å²) in [5, 5.41) is 8.23. The fourth-order valence-electron chi connectivity index (χ4n) is 4.33. The second-order valence-electron chi connectivity index (χ2n) is 9.38. The maximum Gasteiger partial charge on any atom is 0.228 e. The number of carbonyl (C=O) groups excluding carboxylic acids is 2. The Labute approximate surface area is 210 Å². The van der Waals surface area contributed by atoms with E-state index < -0.39 is 5.60 Å². The molecular formula is C24H32ClN5O5. The summed E-state index contributed by atoms with van der Waals surface area (Å²) in [5.41, 5.74) is 1.02. The number of likely N-dealkylation sites (N-methyl/N-ethyl adjacent to an activating group) is 1. The van der Waals surface area contributed by atoms with Crippen molar-refractivity contribution in [2.45, 2.75) is 32.3 Å². The van der Waals surface area contributed by atoms with Crippen LogP contribution in [0.15, 0.2) is 22.8 Å². The molecule has 1 atom stereocenters. The molecule has 1 aromatic carbocycles. The van der Waals surface area contributed by atoms with E-state index in [-0.39, 0.29) is 37.8 Å². The molecule has 2 fully saturated rings. The zero-order valence-electron chi connectivity index (χ0n) is 20.5. The minimum atomic E-state index is -0.973. The van der Waals surface area contributed by atoms with Crippen LogP contribution in [0, 0.1) is 13.8 Å². The van der Waals surface area contributed by atoms with Gasteiger partial charge in [-0.15, -0.1) is 0 Å². The van der Waals surface area contributed by atoms with Gasteiger partial charge in [-0.1, -0.05) is 21.9 Å². The van der Waals surface area contributed by atoms with Crippen LogP contribution in [0.4, 0.5) is 0 Å². The van der Waals surface area contributed by atoms with E-state index in [0.717, 1.165) is 18.7 Å². The number of morpholine rings is 1. The van der Waals surface area contributed by atoms with Crippen molar-refractivity contribution in [3.8, 4) is 5.75 Å². The molecule has 10 nitrogen and oxygen atoms in total. The van der Waals surface area contributed by atoms with E-state index in [2.05, 4.69) is 15.2 Å². The quantitative estimate of drug-likeness (QED) is 0.560. The van der Waals surface area contributed by atoms with Crippen LogP contribution in [-0.2, 0) is 20.7 Å². The van der Waals surface area contributed by atoms with Crippen molar-refractivity contribution in [3.63, 3.8) is 0 Å². The standard InChI is InChI=1S/C24H32ClN5O5/c1-17-12-19(4-5-20(17)25)33-16-24(14-23(32)29-8-6-28(3)7-9-29)15-30(10-11-34-24)22(31)13-21-18(2)26-35-27-21/h4-5,12H,6-11,13-16H2,1-3H3/t24-/m1/s1. The molecule has 0 bridgehead atoms. The first kappa shape index (κ1) is 25.4. The highest BCUT2D eigenvalue weighted by atomic mass is 35.5. The number of hydrogen-bond donors (Lipinski definition) is 0. The minimum absolute atomic E-state index is 0.000156. The van der Waals surface area contributed by atoms with E-state index in [1.807, 2.05) is 24.9 Å². The van der Waals surface area contributed by atoms with Crippen LogP contribution in [0.3, 0.4) is 0 Å². The molecule has 2 amide bonds. The van der Waals surface area contributed by atoms with Gasteiger partial charge >= 0.3 is 0 Å². The Morgan fingerprint density at radius 2 is 1.86 bits per heavy atom. The Kier molecular flexibility index (Phi) is 7.93. The van der Waals surface area contributed by atoms with E-state index >= 15 is 0 Å². The third kappa shape index (κ3) is 6.31. The molecule has 2 aliphatic rings. The second kappa shape index (κ2) is 10.9. The van der Waals surface area contributed by atoms with Gasteiger partial charge in [-0.25, -0.2) is 4.63 Å². The number of hydrogen-bond acceptors (Lipinski definition) is 8. The SMILES string of the molecule is Cc1cc(OC[C@@]2(CC(=O)N3CCN(C)CC3)CN(C(=O)Cc3nonc3C)CCO2)ccc1Cl. The van der Waals surface area contributed by atoms with Gasteiger partial charge in [0.25, 0.3) is 0 Å². The number of aryl methyl sites for hydroxylation is 2. The van der Waals surface area contributed by atoms with E-state index in [4.69, 9.17) is 25.7 Å². The van der Waals surface area contributed by atoms with Gasteiger partial charge in [-0.3, -0.25) is 9.59 Å². The maximum absolute atomic E-state index is 13.3. The summed E-state index contributed by atoms with van der Waals surface area (Å²) in [6, 6.07) is 5.42. The van der Waals surface area contributed by atoms with Gasteiger partial charge in [0.05, 0.1) is 26.0 Å². The van der Waals surface area contributed by atoms with Gasteiger partial charge < -0.3 is 24.2 Å². The predicted octanol–water partition coefficient (Wildman–Crippen LogP) is 1.72. The first-order valence-corrected chi connectivity index (χ1v) is 12.2. The van der Waals surface area contributed by atoms with Crippen LogP contribution in [0.1, 0.15) is 23.4 Å². The molecule has 2 aromatic rings. The monoisotopic (exact) mass is 505 g/mol. The molecule has 1 aromatic heterocycles. The molecule has 2 saturated heterocycles. The predicted molar refractivity (Wildman–Crippen MR) is 128 cm³/mol. The molecule has 4 rings (SSSR count). The molecule has 0 saturated carbocycles. The largest absolute Gasteiger partial charge is 0.490 e. The van der Waals surface area contributed by atoms with Crippen LogP contribution in [0.5, 0.6) is 5.75 Å². The number of piperazine rings is 1. The van der Waals surface area contributed by atoms with Crippen molar-refractivity contribution in [1.82, 2.24) is 25.0 Å². The van der Waals surface area contributed by atoms with Crippen LogP contribution in [-0.4, -0.2) is 102 Å². The van der Waals surface area contributed by atoms with Gasteiger partial charge in [-0.2, -0.15) is 0 Å². The van der Waals surface area contributed by atoms with Crippen molar-refractivity contribution in [2.24, 2.45) is 0 Å². The summed E-state index contributed by atoms with van der Waals surface area (Å²) in [7, 11) is 2.05. The van der Waals surface area contributed by atoms with E-state index in [1.54, 1.807) is 24.0 Å². The Bertz CT molecular complexity index is 1050. The second-order valence-corrected chi connectivity index (χ2v) is 9.79. The van der Waals surface area contributed by atoms with Gasteiger partial charge in [-0.05, 0) is 44.7 Å². The summed E-state index contributed by atoms with van der Waals surface area (Å²) >= 11 is 6.15. The average Bonchev–Trinajstić information content (AvgIpc) is 3.24. The first-order chi connectivity index (χ1) is 16.7. The van der Waals surface area contributed by atoms with Gasteiger partial charge in [0.15, 0.2) is 0 Å². The zero-order valence-corrected chi connectivity index (χ0v) is 21.2. The number of amides is 2. The number of carbonyl (C=O) groups is 2. The number of nitrogens with zero attached hydrogens (tertiary/aromatic N) is 5. The Balaban J connectivity index is 1.50. The summed E-state index contributed by atoms with van der Waals surface area (Å²) < 4.78 is 17.0. The molecule has 3 heterocycles. The van der Waals surface area contributed by atoms with Crippen molar-refractivity contribution in [2.75, 3.05) is 59.5 Å². The van der Waals surface area contributed by atoms with Crippen molar-refractivity contribution < 1.29 is 23.7 Å². The Morgan fingerprint density at radius 1 is 1.09 bits per heavy atom. The number of benzene rings is 1. The fraction of sp³-hybridized carbons (Fsp3) is 0.583. The smallest absolute Gasteiger partial charge is 0.228 e. The Hall–Kier alpha value is -2.69. The molecule has 0 aliphatic carbocycles. The van der Waals surface area contributed by atoms with Crippen molar-refractivity contribution in [1.29, 1.82) is 0 Å². The third-order valence-electron chi connectivity index (χ3n) is 6.63. The van der Waals surface area contributed by atoms with Gasteiger partial charge in [0, 0.05) is 37.7 Å². The number of aromatic nitrogens is 2. The maximum atomic E-state index is 13.3. The van der Waals surface area contributed by atoms with Crippen LogP contribution in [0.25, 0.3) is 0 Å². The third-order valence-corrected chi connectivity index (χ3v) is 7.05. The summed E-state index contributed by atoms with van der Waals surface area (Å²) in [5.74, 6) is 0.514. The van der Waals surface area contributed by atoms with Gasteiger partial charge in [0.1, 0.15) is 29.3 Å². The molecule has 11 heteroatoms. The van der Waals surface area contributed by atoms with Crippen molar-refractivity contribution >= 4 is 23.4 Å². The summed E-state index contributed by atoms with van der Waals surface area (Å²) in [6.07, 6.45) is 0.201. The summed E-state index contributed by atoms with van der Waals surface area (Å²) in [6.45, 7) is 7.75. The lowest BCUT2D eigenvalue weighted by Gasteiger charge is -2.43. The van der Waals surface area contributed by atoms with E-state index in [1.165, 1.54) is 0 Å². The molecule has 0 N–H and O–H groups in total. The topological polar surface area (TPSA) is 101 Å². The fourth-order valence-corrected chi connectivity index (χ4v) is 4.45. The number of ether oxygens (including phenoxy) is 2. The Morgan fingerprint density at radius 3 is 2.54 bits per heavy atom. The highest BCUT2D eigenvalue weighted by molar-refractivity contribution is 6.31. The van der Waals surface area contributed by atoms with Crippen LogP contribution in [0.2, 0.25) is 5.02 Å². The minimum Gasteiger partial charge on any atom is -0.490 e. The van der Waals surface area contributed by atoms with Crippen molar-refractivity contribution in [3.05, 3.63) is 40.2 Å². The van der Waals surface area contributed by atoms with Crippen LogP contribution >= 0.6 is 11.6 Å². The molecule has 2 aliphatic heterocycles. The molecule has 0 unspecified atom stereocenters. The zero-order chi connectivity index (χ0) is 25.0. The average molecular weight is 506 g/mol. The lowest BCUT2D eigenvalue weighted by molar-refractivity contribution is -0.166.